The van der Waals surface area contributed by atoms with E-state index in [-0.39, 0.29) is 19.4 Å². The Hall–Kier alpha value is -2.56. The fourth-order valence-corrected chi connectivity index (χ4v) is 5.56. The van der Waals surface area contributed by atoms with E-state index in [1.165, 1.54) is 19.3 Å². The van der Waals surface area contributed by atoms with E-state index in [0.29, 0.717) is 12.8 Å². The molecule has 0 aliphatic carbocycles. The number of phosphoric ester groups is 1. The quantitative estimate of drug-likeness (QED) is 0.0244. The molecular weight excluding hydrogens is 673 g/mol. The van der Waals surface area contributed by atoms with Crippen LogP contribution in [0.5, 0.6) is 0 Å². The van der Waals surface area contributed by atoms with Crippen molar-refractivity contribution in [3.8, 4) is 0 Å². The highest BCUT2D eigenvalue weighted by atomic mass is 31.2. The van der Waals surface area contributed by atoms with E-state index in [2.05, 4.69) is 67.0 Å². The van der Waals surface area contributed by atoms with Crippen LogP contribution in [-0.2, 0) is 37.5 Å². The standard InChI is InChI=1S/C39H68NO10P/c1-3-5-7-9-11-13-15-17-18-19-21-23-25-27-29-31-38(42)50-35(33-48-51(45,46)49-34-36(40)39(43)44)32-47-37(41)30-28-26-24-22-20-16-14-12-10-8-6-4-2/h5,7,11-14,17-18,35-36H,3-4,6,8-10,15-16,19-34,40H2,1-2H3,(H,43,44)(H,45,46)/b7-5-,13-11-,14-12-,18-17-/t35-,36+/m1/s1. The summed E-state index contributed by atoms with van der Waals surface area (Å²) in [5.74, 6) is -2.42. The molecule has 0 heterocycles. The zero-order valence-corrected chi connectivity index (χ0v) is 32.3. The molecule has 0 saturated heterocycles. The number of ether oxygens (including phenoxy) is 2. The first-order valence-corrected chi connectivity index (χ1v) is 20.7. The van der Waals surface area contributed by atoms with Gasteiger partial charge in [0.15, 0.2) is 6.10 Å². The lowest BCUT2D eigenvalue weighted by Crippen LogP contribution is -2.34. The van der Waals surface area contributed by atoms with E-state index in [9.17, 15) is 23.8 Å². The normalized spacial score (nSPS) is 14.4. The molecule has 0 radical (unpaired) electrons. The van der Waals surface area contributed by atoms with Crippen LogP contribution in [0.3, 0.4) is 0 Å². The highest BCUT2D eigenvalue weighted by molar-refractivity contribution is 7.47. The number of aliphatic carboxylic acids is 1. The van der Waals surface area contributed by atoms with Crippen molar-refractivity contribution >= 4 is 25.7 Å². The molecule has 0 aromatic heterocycles. The van der Waals surface area contributed by atoms with Crippen LogP contribution < -0.4 is 5.73 Å². The zero-order valence-electron chi connectivity index (χ0n) is 31.4. The van der Waals surface area contributed by atoms with E-state index in [4.69, 9.17) is 24.8 Å². The molecule has 0 bridgehead atoms. The molecule has 0 aromatic carbocycles. The van der Waals surface area contributed by atoms with Gasteiger partial charge in [-0.15, -0.1) is 0 Å². The van der Waals surface area contributed by atoms with Gasteiger partial charge in [-0.3, -0.25) is 23.4 Å². The first-order valence-electron chi connectivity index (χ1n) is 19.2. The predicted molar refractivity (Wildman–Crippen MR) is 203 cm³/mol. The molecule has 0 fully saturated rings. The Balaban J connectivity index is 4.49. The summed E-state index contributed by atoms with van der Waals surface area (Å²) < 4.78 is 32.5. The van der Waals surface area contributed by atoms with E-state index in [1.54, 1.807) is 0 Å². The van der Waals surface area contributed by atoms with Crippen LogP contribution in [0, 0.1) is 0 Å². The molecule has 0 spiro atoms. The Bertz CT molecular complexity index is 1060. The van der Waals surface area contributed by atoms with Crippen molar-refractivity contribution < 1.29 is 47.5 Å². The largest absolute Gasteiger partial charge is 0.480 e. The van der Waals surface area contributed by atoms with Gasteiger partial charge in [0.05, 0.1) is 13.2 Å². The van der Waals surface area contributed by atoms with Crippen molar-refractivity contribution in [2.24, 2.45) is 5.73 Å². The molecule has 11 nitrogen and oxygen atoms in total. The summed E-state index contributed by atoms with van der Waals surface area (Å²) in [5.41, 5.74) is 5.31. The number of allylic oxidation sites excluding steroid dienone is 8. The summed E-state index contributed by atoms with van der Waals surface area (Å²) in [4.78, 5) is 45.7. The smallest absolute Gasteiger partial charge is 0.472 e. The van der Waals surface area contributed by atoms with Crippen LogP contribution >= 0.6 is 7.82 Å². The second-order valence-electron chi connectivity index (χ2n) is 12.7. The molecule has 0 aromatic rings. The molecule has 12 heteroatoms. The Morgan fingerprint density at radius 1 is 0.627 bits per heavy atom. The number of rotatable bonds is 35. The first kappa shape index (κ1) is 48.4. The van der Waals surface area contributed by atoms with Crippen LogP contribution in [0.1, 0.15) is 149 Å². The molecule has 0 saturated carbocycles. The third-order valence-corrected chi connectivity index (χ3v) is 8.76. The summed E-state index contributed by atoms with van der Waals surface area (Å²) in [6, 6.07) is -1.53. The topological polar surface area (TPSA) is 172 Å². The summed E-state index contributed by atoms with van der Waals surface area (Å²) in [7, 11) is -4.72. The maximum Gasteiger partial charge on any atom is 0.472 e. The third-order valence-electron chi connectivity index (χ3n) is 7.81. The SMILES string of the molecule is CC/C=C\C/C=C\C/C=C\CCCCCCCC(=O)O[C@H](COC(=O)CCCCCCC/C=C\CCCCC)COP(=O)(O)OC[C@H](N)C(=O)O. The highest BCUT2D eigenvalue weighted by Gasteiger charge is 2.28. The van der Waals surface area contributed by atoms with Crippen LogP contribution in [0.2, 0.25) is 0 Å². The van der Waals surface area contributed by atoms with Crippen molar-refractivity contribution in [3.05, 3.63) is 48.6 Å². The Labute approximate surface area is 307 Å². The van der Waals surface area contributed by atoms with E-state index in [1.807, 2.05) is 0 Å². The first-order chi connectivity index (χ1) is 24.6. The number of unbranched alkanes of at least 4 members (excludes halogenated alkanes) is 13. The summed E-state index contributed by atoms with van der Waals surface area (Å²) in [6.07, 6.45) is 36.1. The minimum absolute atomic E-state index is 0.138. The minimum Gasteiger partial charge on any atom is -0.480 e. The fourth-order valence-electron chi connectivity index (χ4n) is 4.78. The number of hydrogen-bond acceptors (Lipinski definition) is 9. The molecule has 3 atom stereocenters. The number of hydrogen-bond donors (Lipinski definition) is 3. The number of nitrogens with two attached hydrogens (primary N) is 1. The third kappa shape index (κ3) is 34.3. The van der Waals surface area contributed by atoms with Gasteiger partial charge in [0.25, 0.3) is 0 Å². The molecule has 1 unspecified atom stereocenters. The monoisotopic (exact) mass is 741 g/mol. The number of carboxylic acids is 1. The Morgan fingerprint density at radius 3 is 1.67 bits per heavy atom. The second kappa shape index (κ2) is 34.5. The Kier molecular flexibility index (Phi) is 32.8. The lowest BCUT2D eigenvalue weighted by Gasteiger charge is -2.20. The number of carbonyl (C=O) groups is 3. The molecule has 294 valence electrons. The lowest BCUT2D eigenvalue weighted by atomic mass is 10.1. The maximum absolute atomic E-state index is 12.6. The number of phosphoric acid groups is 1. The van der Waals surface area contributed by atoms with Crippen molar-refractivity contribution in [3.63, 3.8) is 0 Å². The van der Waals surface area contributed by atoms with Gasteiger partial charge in [0.2, 0.25) is 0 Å². The average molecular weight is 742 g/mol. The van der Waals surface area contributed by atoms with Gasteiger partial charge >= 0.3 is 25.7 Å². The van der Waals surface area contributed by atoms with Gasteiger partial charge in [-0.2, -0.15) is 0 Å². The molecule has 0 aliphatic heterocycles. The van der Waals surface area contributed by atoms with Gasteiger partial charge < -0.3 is 25.2 Å². The molecular formula is C39H68NO10P. The fraction of sp³-hybridized carbons (Fsp3) is 0.718. The predicted octanol–water partition coefficient (Wildman–Crippen LogP) is 9.44. The summed E-state index contributed by atoms with van der Waals surface area (Å²) >= 11 is 0. The van der Waals surface area contributed by atoms with Crippen LogP contribution in [0.4, 0.5) is 0 Å². The van der Waals surface area contributed by atoms with Gasteiger partial charge in [0.1, 0.15) is 12.6 Å². The van der Waals surface area contributed by atoms with Gasteiger partial charge in [0, 0.05) is 12.8 Å². The van der Waals surface area contributed by atoms with Gasteiger partial charge in [-0.05, 0) is 70.6 Å². The second-order valence-corrected chi connectivity index (χ2v) is 14.1. The van der Waals surface area contributed by atoms with Crippen LogP contribution in [0.15, 0.2) is 48.6 Å². The van der Waals surface area contributed by atoms with Crippen LogP contribution in [-0.4, -0.2) is 59.9 Å². The summed E-state index contributed by atoms with van der Waals surface area (Å²) in [5, 5.41) is 8.86. The Morgan fingerprint density at radius 2 is 1.10 bits per heavy atom. The van der Waals surface area contributed by atoms with Crippen molar-refractivity contribution in [2.45, 2.75) is 161 Å². The van der Waals surface area contributed by atoms with Crippen molar-refractivity contribution in [1.29, 1.82) is 0 Å². The number of carboxylic acid groups (broad SMARTS) is 1. The van der Waals surface area contributed by atoms with Crippen molar-refractivity contribution in [2.75, 3.05) is 19.8 Å². The molecule has 0 rings (SSSR count). The number of carbonyl (C=O) groups excluding carboxylic acids is 2. The van der Waals surface area contributed by atoms with Crippen LogP contribution in [0.25, 0.3) is 0 Å². The lowest BCUT2D eigenvalue weighted by molar-refractivity contribution is -0.161. The molecule has 0 amide bonds. The van der Waals surface area contributed by atoms with Crippen molar-refractivity contribution in [1.82, 2.24) is 0 Å². The van der Waals surface area contributed by atoms with E-state index < -0.39 is 51.1 Å². The summed E-state index contributed by atoms with van der Waals surface area (Å²) in [6.45, 7) is 2.61. The zero-order chi connectivity index (χ0) is 37.8. The number of esters is 2. The van der Waals surface area contributed by atoms with Gasteiger partial charge in [-0.1, -0.05) is 114 Å². The maximum atomic E-state index is 12.6. The molecule has 0 aliphatic rings. The molecule has 4 N–H and O–H groups in total. The average Bonchev–Trinajstić information content (AvgIpc) is 3.10. The molecule has 51 heavy (non-hydrogen) atoms. The van der Waals surface area contributed by atoms with E-state index in [0.717, 1.165) is 89.9 Å². The van der Waals surface area contributed by atoms with E-state index >= 15 is 0 Å². The van der Waals surface area contributed by atoms with Gasteiger partial charge in [-0.25, -0.2) is 4.57 Å². The minimum atomic E-state index is -4.72. The highest BCUT2D eigenvalue weighted by Crippen LogP contribution is 2.43.